The van der Waals surface area contributed by atoms with Crippen molar-refractivity contribution in [3.05, 3.63) is 59.7 Å². The van der Waals surface area contributed by atoms with Gasteiger partial charge in [-0.15, -0.1) is 0 Å². The van der Waals surface area contributed by atoms with E-state index < -0.39 is 17.5 Å². The van der Waals surface area contributed by atoms with Crippen molar-refractivity contribution in [2.45, 2.75) is 37.8 Å². The third-order valence-corrected chi connectivity index (χ3v) is 7.07. The van der Waals surface area contributed by atoms with Gasteiger partial charge in [0.25, 0.3) is 5.91 Å². The highest BCUT2D eigenvalue weighted by atomic mass is 16.5. The SMILES string of the molecule is COc1ccc(C(CNC(=O)CN2C(=O)NC(C)(c3ccc(OC)cc3)C2=O)N2CCCCC2)cc1. The van der Waals surface area contributed by atoms with Crippen molar-refractivity contribution in [2.75, 3.05) is 40.4 Å². The number of ether oxygens (including phenoxy) is 2. The maximum atomic E-state index is 13.2. The molecule has 2 heterocycles. The summed E-state index contributed by atoms with van der Waals surface area (Å²) in [5, 5.41) is 5.69. The smallest absolute Gasteiger partial charge is 0.325 e. The van der Waals surface area contributed by atoms with Gasteiger partial charge >= 0.3 is 6.03 Å². The van der Waals surface area contributed by atoms with Crippen LogP contribution in [0, 0.1) is 0 Å². The van der Waals surface area contributed by atoms with E-state index in [0.29, 0.717) is 17.9 Å². The van der Waals surface area contributed by atoms with Gasteiger partial charge in [-0.3, -0.25) is 19.4 Å². The van der Waals surface area contributed by atoms with Crippen LogP contribution in [-0.4, -0.2) is 68.0 Å². The molecule has 36 heavy (non-hydrogen) atoms. The molecule has 0 bridgehead atoms. The molecule has 9 nitrogen and oxygen atoms in total. The van der Waals surface area contributed by atoms with E-state index in [2.05, 4.69) is 15.5 Å². The molecule has 2 aliphatic rings. The lowest BCUT2D eigenvalue weighted by atomic mass is 9.92. The van der Waals surface area contributed by atoms with Crippen LogP contribution in [-0.2, 0) is 15.1 Å². The average molecular weight is 495 g/mol. The molecule has 4 amide bonds. The summed E-state index contributed by atoms with van der Waals surface area (Å²) in [5.41, 5.74) is 0.456. The number of imide groups is 1. The number of urea groups is 1. The minimum absolute atomic E-state index is 0.00664. The first-order chi connectivity index (χ1) is 17.4. The molecule has 0 aliphatic carbocycles. The third kappa shape index (κ3) is 5.31. The number of amides is 4. The predicted molar refractivity (Wildman–Crippen MR) is 135 cm³/mol. The Bertz CT molecular complexity index is 1080. The number of methoxy groups -OCH3 is 2. The van der Waals surface area contributed by atoms with E-state index in [-0.39, 0.29) is 18.5 Å². The van der Waals surface area contributed by atoms with E-state index in [1.54, 1.807) is 45.4 Å². The zero-order valence-corrected chi connectivity index (χ0v) is 21.1. The number of nitrogens with zero attached hydrogens (tertiary/aromatic N) is 2. The van der Waals surface area contributed by atoms with E-state index in [4.69, 9.17) is 9.47 Å². The van der Waals surface area contributed by atoms with Crippen LogP contribution in [0.25, 0.3) is 0 Å². The first-order valence-electron chi connectivity index (χ1n) is 12.3. The molecule has 0 aromatic heterocycles. The van der Waals surface area contributed by atoms with Crippen LogP contribution in [0.15, 0.2) is 48.5 Å². The van der Waals surface area contributed by atoms with Gasteiger partial charge in [-0.1, -0.05) is 30.7 Å². The molecule has 2 N–H and O–H groups in total. The third-order valence-electron chi connectivity index (χ3n) is 7.07. The summed E-state index contributed by atoms with van der Waals surface area (Å²) in [5.74, 6) is 0.581. The van der Waals surface area contributed by atoms with Crippen LogP contribution in [0.5, 0.6) is 11.5 Å². The van der Waals surface area contributed by atoms with E-state index in [9.17, 15) is 14.4 Å². The number of rotatable bonds is 9. The monoisotopic (exact) mass is 494 g/mol. The molecule has 0 spiro atoms. The molecule has 2 fully saturated rings. The van der Waals surface area contributed by atoms with Crippen LogP contribution in [0.2, 0.25) is 0 Å². The first kappa shape index (κ1) is 25.5. The van der Waals surface area contributed by atoms with Crippen molar-refractivity contribution in [2.24, 2.45) is 0 Å². The van der Waals surface area contributed by atoms with Crippen LogP contribution in [0.3, 0.4) is 0 Å². The van der Waals surface area contributed by atoms with Gasteiger partial charge in [-0.05, 0) is 68.2 Å². The summed E-state index contributed by atoms with van der Waals surface area (Å²) in [4.78, 5) is 42.1. The molecule has 2 aromatic carbocycles. The van der Waals surface area contributed by atoms with E-state index >= 15 is 0 Å². The Morgan fingerprint density at radius 1 is 0.972 bits per heavy atom. The molecule has 2 unspecified atom stereocenters. The van der Waals surface area contributed by atoms with E-state index in [1.807, 2.05) is 24.3 Å². The lowest BCUT2D eigenvalue weighted by Gasteiger charge is -2.35. The normalized spacial score (nSPS) is 21.1. The van der Waals surface area contributed by atoms with Gasteiger partial charge in [0.1, 0.15) is 23.6 Å². The molecule has 0 radical (unpaired) electrons. The Labute approximate surface area is 211 Å². The van der Waals surface area contributed by atoms with E-state index in [0.717, 1.165) is 42.1 Å². The highest BCUT2D eigenvalue weighted by Crippen LogP contribution is 2.30. The topological polar surface area (TPSA) is 100 Å². The number of carbonyl (C=O) groups is 3. The molecule has 192 valence electrons. The van der Waals surface area contributed by atoms with Crippen LogP contribution < -0.4 is 20.1 Å². The Hall–Kier alpha value is -3.59. The summed E-state index contributed by atoms with van der Waals surface area (Å²) in [7, 11) is 3.19. The fourth-order valence-corrected chi connectivity index (χ4v) is 4.88. The van der Waals surface area contributed by atoms with Crippen LogP contribution >= 0.6 is 0 Å². The van der Waals surface area contributed by atoms with Crippen LogP contribution in [0.4, 0.5) is 4.79 Å². The van der Waals surface area contributed by atoms with Crippen molar-refractivity contribution in [3.63, 3.8) is 0 Å². The fraction of sp³-hybridized carbons (Fsp3) is 0.444. The lowest BCUT2D eigenvalue weighted by molar-refractivity contribution is -0.134. The maximum absolute atomic E-state index is 13.2. The molecular formula is C27H34N4O5. The van der Waals surface area contributed by atoms with Crippen molar-refractivity contribution in [3.8, 4) is 11.5 Å². The second kappa shape index (κ2) is 11.0. The number of likely N-dealkylation sites (tertiary alicyclic amines) is 1. The van der Waals surface area contributed by atoms with Gasteiger partial charge in [0, 0.05) is 6.54 Å². The summed E-state index contributed by atoms with van der Waals surface area (Å²) >= 11 is 0. The number of piperidine rings is 1. The van der Waals surface area contributed by atoms with Gasteiger partial charge in [-0.25, -0.2) is 4.79 Å². The minimum atomic E-state index is -1.25. The summed E-state index contributed by atoms with van der Waals surface area (Å²) in [6, 6.07) is 14.2. The van der Waals surface area contributed by atoms with Gasteiger partial charge in [0.15, 0.2) is 0 Å². The molecule has 2 saturated heterocycles. The van der Waals surface area contributed by atoms with Crippen LogP contribution in [0.1, 0.15) is 43.4 Å². The molecule has 2 aliphatic heterocycles. The molecule has 4 rings (SSSR count). The van der Waals surface area contributed by atoms with Crippen molar-refractivity contribution in [1.82, 2.24) is 20.4 Å². The lowest BCUT2D eigenvalue weighted by Crippen LogP contribution is -2.45. The zero-order chi connectivity index (χ0) is 25.7. The predicted octanol–water partition coefficient (Wildman–Crippen LogP) is 2.81. The van der Waals surface area contributed by atoms with Gasteiger partial charge in [-0.2, -0.15) is 0 Å². The second-order valence-corrected chi connectivity index (χ2v) is 9.36. The highest BCUT2D eigenvalue weighted by Gasteiger charge is 2.49. The molecule has 9 heteroatoms. The molecule has 0 saturated carbocycles. The zero-order valence-electron chi connectivity index (χ0n) is 21.1. The Kier molecular flexibility index (Phi) is 7.79. The van der Waals surface area contributed by atoms with Gasteiger partial charge < -0.3 is 20.1 Å². The first-order valence-corrected chi connectivity index (χ1v) is 12.3. The summed E-state index contributed by atoms with van der Waals surface area (Å²) in [6.45, 7) is 3.60. The largest absolute Gasteiger partial charge is 0.497 e. The Morgan fingerprint density at radius 2 is 1.56 bits per heavy atom. The van der Waals surface area contributed by atoms with Crippen molar-refractivity contribution >= 4 is 17.8 Å². The summed E-state index contributed by atoms with van der Waals surface area (Å²) in [6.07, 6.45) is 3.44. The van der Waals surface area contributed by atoms with Crippen molar-refractivity contribution in [1.29, 1.82) is 0 Å². The van der Waals surface area contributed by atoms with Crippen molar-refractivity contribution < 1.29 is 23.9 Å². The maximum Gasteiger partial charge on any atom is 0.325 e. The van der Waals surface area contributed by atoms with E-state index in [1.165, 1.54) is 6.42 Å². The molecule has 2 aromatic rings. The standard InChI is InChI=1S/C27H34N4O5/c1-27(20-9-13-22(36-3)14-10-20)25(33)31(26(34)29-27)18-24(32)28-17-23(30-15-5-4-6-16-30)19-7-11-21(35-2)12-8-19/h7-14,23H,4-6,15-18H2,1-3H3,(H,28,32)(H,29,34). The number of hydrogen-bond acceptors (Lipinski definition) is 6. The summed E-state index contributed by atoms with van der Waals surface area (Å²) < 4.78 is 10.5. The molecular weight excluding hydrogens is 460 g/mol. The number of benzene rings is 2. The quantitative estimate of drug-likeness (QED) is 0.520. The number of hydrogen-bond donors (Lipinski definition) is 2. The number of nitrogens with one attached hydrogen (secondary N) is 2. The molecule has 2 atom stereocenters. The Balaban J connectivity index is 1.42. The van der Waals surface area contributed by atoms with Gasteiger partial charge in [0.05, 0.1) is 20.3 Å². The fourth-order valence-electron chi connectivity index (χ4n) is 4.88. The Morgan fingerprint density at radius 3 is 2.14 bits per heavy atom. The highest BCUT2D eigenvalue weighted by molar-refractivity contribution is 6.09. The number of carbonyl (C=O) groups excluding carboxylic acids is 3. The second-order valence-electron chi connectivity index (χ2n) is 9.36. The average Bonchev–Trinajstić information content (AvgIpc) is 3.13. The van der Waals surface area contributed by atoms with Gasteiger partial charge in [0.2, 0.25) is 5.91 Å². The minimum Gasteiger partial charge on any atom is -0.497 e.